The van der Waals surface area contributed by atoms with Crippen LogP contribution in [0.1, 0.15) is 38.9 Å². The minimum atomic E-state index is -0.886. The van der Waals surface area contributed by atoms with E-state index in [9.17, 15) is 4.79 Å². The second-order valence-corrected chi connectivity index (χ2v) is 6.51. The summed E-state index contributed by atoms with van der Waals surface area (Å²) in [5.74, 6) is 1.44. The first-order valence-electron chi connectivity index (χ1n) is 6.00. The number of hydrogen-bond donors (Lipinski definition) is 2. The van der Waals surface area contributed by atoms with Gasteiger partial charge in [0, 0.05) is 12.2 Å². The third-order valence-electron chi connectivity index (χ3n) is 2.64. The van der Waals surface area contributed by atoms with Crippen LogP contribution in [-0.2, 0) is 11.2 Å². The van der Waals surface area contributed by atoms with Crippen molar-refractivity contribution in [1.82, 2.24) is 9.36 Å². The fraction of sp³-hybridized carbons (Fsp3) is 0.727. The number of carbonyl (C=O) groups is 1. The van der Waals surface area contributed by atoms with Gasteiger partial charge in [0.05, 0.1) is 5.54 Å². The highest BCUT2D eigenvalue weighted by molar-refractivity contribution is 8.00. The first-order valence-corrected chi connectivity index (χ1v) is 7.76. The van der Waals surface area contributed by atoms with Gasteiger partial charge in [-0.1, -0.05) is 25.1 Å². The Balaban J connectivity index is 2.17. The Morgan fingerprint density at radius 1 is 1.50 bits per heavy atom. The molecule has 0 saturated heterocycles. The molecule has 0 radical (unpaired) electrons. The summed E-state index contributed by atoms with van der Waals surface area (Å²) in [6.45, 7) is 3.73. The maximum atomic E-state index is 11.0. The summed E-state index contributed by atoms with van der Waals surface area (Å²) >= 11 is 3.15. The second kappa shape index (κ2) is 7.06. The Morgan fingerprint density at radius 2 is 2.22 bits per heavy atom. The predicted molar refractivity (Wildman–Crippen MR) is 75.6 cm³/mol. The zero-order valence-corrected chi connectivity index (χ0v) is 12.4. The number of amides is 1. The highest BCUT2D eigenvalue weighted by Gasteiger charge is 2.24. The molecule has 1 amide bonds. The third-order valence-corrected chi connectivity index (χ3v) is 4.60. The third kappa shape index (κ3) is 4.91. The number of nitrogens with zero attached hydrogens (tertiary/aromatic N) is 2. The lowest BCUT2D eigenvalue weighted by Gasteiger charge is -2.19. The van der Waals surface area contributed by atoms with Crippen molar-refractivity contribution in [2.45, 2.75) is 49.4 Å². The molecule has 1 aromatic heterocycles. The molecule has 0 aliphatic rings. The standard InChI is InChI=1S/C11H20N4OS2/c1-3-8-14-10(18-15-8)17-7-5-4-6-11(2,13)9(12)16/h3-7,13H2,1-2H3,(H2,12,16). The highest BCUT2D eigenvalue weighted by Crippen LogP contribution is 2.22. The van der Waals surface area contributed by atoms with Crippen molar-refractivity contribution in [3.8, 4) is 0 Å². The van der Waals surface area contributed by atoms with Crippen molar-refractivity contribution in [2.24, 2.45) is 11.5 Å². The SMILES string of the molecule is CCc1nsc(SCCCCC(C)(N)C(N)=O)n1. The van der Waals surface area contributed by atoms with E-state index in [1.54, 1.807) is 18.7 Å². The lowest BCUT2D eigenvalue weighted by Crippen LogP contribution is -2.49. The van der Waals surface area contributed by atoms with Crippen LogP contribution in [0.3, 0.4) is 0 Å². The monoisotopic (exact) mass is 288 g/mol. The number of thioether (sulfide) groups is 1. The van der Waals surface area contributed by atoms with E-state index in [1.807, 2.05) is 6.92 Å². The molecule has 0 aliphatic heterocycles. The zero-order valence-electron chi connectivity index (χ0n) is 10.8. The van der Waals surface area contributed by atoms with Crippen LogP contribution in [0.4, 0.5) is 0 Å². The van der Waals surface area contributed by atoms with Crippen molar-refractivity contribution in [3.05, 3.63) is 5.82 Å². The molecule has 0 bridgehead atoms. The zero-order chi connectivity index (χ0) is 13.6. The number of unbranched alkanes of at least 4 members (excludes halogenated alkanes) is 1. The van der Waals surface area contributed by atoms with Crippen molar-refractivity contribution in [2.75, 3.05) is 5.75 Å². The molecule has 0 aliphatic carbocycles. The van der Waals surface area contributed by atoms with E-state index >= 15 is 0 Å². The topological polar surface area (TPSA) is 94.9 Å². The molecule has 1 heterocycles. The van der Waals surface area contributed by atoms with Crippen LogP contribution < -0.4 is 11.5 Å². The summed E-state index contributed by atoms with van der Waals surface area (Å²) in [7, 11) is 0. The van der Waals surface area contributed by atoms with Gasteiger partial charge in [0.15, 0.2) is 4.34 Å². The van der Waals surface area contributed by atoms with Gasteiger partial charge in [-0.25, -0.2) is 4.98 Å². The molecular formula is C11H20N4OS2. The number of carbonyl (C=O) groups excluding carboxylic acids is 1. The Hall–Kier alpha value is -0.660. The van der Waals surface area contributed by atoms with Gasteiger partial charge in [-0.3, -0.25) is 4.79 Å². The van der Waals surface area contributed by atoms with E-state index in [2.05, 4.69) is 9.36 Å². The van der Waals surface area contributed by atoms with Crippen molar-refractivity contribution >= 4 is 29.2 Å². The first kappa shape index (κ1) is 15.4. The fourth-order valence-corrected chi connectivity index (χ4v) is 3.08. The van der Waals surface area contributed by atoms with Gasteiger partial charge < -0.3 is 11.5 Å². The van der Waals surface area contributed by atoms with Crippen LogP contribution in [0.2, 0.25) is 0 Å². The van der Waals surface area contributed by atoms with Crippen molar-refractivity contribution < 1.29 is 4.79 Å². The molecule has 1 aromatic rings. The molecule has 18 heavy (non-hydrogen) atoms. The van der Waals surface area contributed by atoms with Crippen LogP contribution in [0.25, 0.3) is 0 Å². The highest BCUT2D eigenvalue weighted by atomic mass is 32.2. The number of hydrogen-bond acceptors (Lipinski definition) is 6. The van der Waals surface area contributed by atoms with Gasteiger partial charge in [-0.2, -0.15) is 4.37 Å². The molecule has 4 N–H and O–H groups in total. The van der Waals surface area contributed by atoms with Crippen molar-refractivity contribution in [3.63, 3.8) is 0 Å². The number of aromatic nitrogens is 2. The molecule has 0 spiro atoms. The van der Waals surface area contributed by atoms with E-state index in [0.29, 0.717) is 6.42 Å². The molecule has 1 unspecified atom stereocenters. The maximum absolute atomic E-state index is 11.0. The van der Waals surface area contributed by atoms with Gasteiger partial charge in [0.1, 0.15) is 5.82 Å². The second-order valence-electron chi connectivity index (χ2n) is 4.42. The molecule has 1 atom stereocenters. The van der Waals surface area contributed by atoms with Gasteiger partial charge in [-0.05, 0) is 31.3 Å². The summed E-state index contributed by atoms with van der Waals surface area (Å²) in [6.07, 6.45) is 3.38. The lowest BCUT2D eigenvalue weighted by molar-refractivity contribution is -0.122. The van der Waals surface area contributed by atoms with E-state index in [4.69, 9.17) is 11.5 Å². The fourth-order valence-electron chi connectivity index (χ4n) is 1.32. The predicted octanol–water partition coefficient (Wildman–Crippen LogP) is 1.57. The van der Waals surface area contributed by atoms with E-state index in [-0.39, 0.29) is 0 Å². The maximum Gasteiger partial charge on any atom is 0.237 e. The van der Waals surface area contributed by atoms with Crippen molar-refractivity contribution in [1.29, 1.82) is 0 Å². The summed E-state index contributed by atoms with van der Waals surface area (Å²) in [6, 6.07) is 0. The first-order chi connectivity index (χ1) is 8.45. The average molecular weight is 288 g/mol. The van der Waals surface area contributed by atoms with Gasteiger partial charge >= 0.3 is 0 Å². The molecule has 0 fully saturated rings. The quantitative estimate of drug-likeness (QED) is 0.559. The molecule has 0 saturated carbocycles. The van der Waals surface area contributed by atoms with E-state index in [0.717, 1.165) is 35.2 Å². The minimum absolute atomic E-state index is 0.438. The van der Waals surface area contributed by atoms with E-state index < -0.39 is 11.4 Å². The normalized spacial score (nSPS) is 14.4. The molecular weight excluding hydrogens is 268 g/mol. The van der Waals surface area contributed by atoms with Crippen LogP contribution in [0, 0.1) is 0 Å². The molecule has 7 heteroatoms. The summed E-state index contributed by atoms with van der Waals surface area (Å²) in [4.78, 5) is 15.4. The Bertz CT molecular complexity index is 392. The van der Waals surface area contributed by atoms with E-state index in [1.165, 1.54) is 11.5 Å². The Labute approximate surface area is 116 Å². The summed E-state index contributed by atoms with van der Waals surface area (Å²) in [5, 5.41) is 0. The number of primary amides is 1. The smallest absolute Gasteiger partial charge is 0.237 e. The minimum Gasteiger partial charge on any atom is -0.368 e. The number of aryl methyl sites for hydroxylation is 1. The van der Waals surface area contributed by atoms with Crippen LogP contribution in [0.15, 0.2) is 4.34 Å². The van der Waals surface area contributed by atoms with Gasteiger partial charge in [0.25, 0.3) is 0 Å². The van der Waals surface area contributed by atoms with Crippen LogP contribution in [-0.4, -0.2) is 26.6 Å². The van der Waals surface area contributed by atoms with Crippen LogP contribution >= 0.6 is 23.3 Å². The Morgan fingerprint density at radius 3 is 2.78 bits per heavy atom. The molecule has 1 rings (SSSR count). The lowest BCUT2D eigenvalue weighted by atomic mass is 9.96. The number of rotatable bonds is 8. The Kier molecular flexibility index (Phi) is 6.04. The largest absolute Gasteiger partial charge is 0.368 e. The average Bonchev–Trinajstić information content (AvgIpc) is 2.76. The molecule has 0 aromatic carbocycles. The molecule has 5 nitrogen and oxygen atoms in total. The summed E-state index contributed by atoms with van der Waals surface area (Å²) < 4.78 is 5.24. The van der Waals surface area contributed by atoms with Gasteiger partial charge in [-0.15, -0.1) is 0 Å². The van der Waals surface area contributed by atoms with Gasteiger partial charge in [0.2, 0.25) is 5.91 Å². The summed E-state index contributed by atoms with van der Waals surface area (Å²) in [5.41, 5.74) is 10.1. The number of nitrogens with two attached hydrogens (primary N) is 2. The molecule has 102 valence electrons. The van der Waals surface area contributed by atoms with Crippen LogP contribution in [0.5, 0.6) is 0 Å².